The molecule has 1 aromatic heterocycles. The molecule has 2 aromatic carbocycles. The number of sulfone groups is 1. The Bertz CT molecular complexity index is 944. The molecule has 0 unspecified atom stereocenters. The van der Waals surface area contributed by atoms with Crippen molar-refractivity contribution in [2.75, 3.05) is 0 Å². The van der Waals surface area contributed by atoms with Gasteiger partial charge in [-0.3, -0.25) is 0 Å². The van der Waals surface area contributed by atoms with Crippen LogP contribution in [-0.2, 0) is 21.3 Å². The maximum atomic E-state index is 12.5. The van der Waals surface area contributed by atoms with Crippen LogP contribution in [0.1, 0.15) is 22.4 Å². The highest BCUT2D eigenvalue weighted by Crippen LogP contribution is 2.22. The van der Waals surface area contributed by atoms with Crippen LogP contribution in [0.5, 0.6) is 0 Å². The van der Waals surface area contributed by atoms with Crippen molar-refractivity contribution in [3.8, 4) is 11.3 Å². The van der Waals surface area contributed by atoms with E-state index in [1.807, 2.05) is 62.4 Å². The molecule has 0 atom stereocenters. The Morgan fingerprint density at radius 2 is 1.71 bits per heavy atom. The fourth-order valence-electron chi connectivity index (χ4n) is 2.59. The first kappa shape index (κ1) is 16.5. The van der Waals surface area contributed by atoms with E-state index in [-0.39, 0.29) is 11.5 Å². The molecule has 1 heterocycles. The number of rotatable bonds is 5. The highest BCUT2D eigenvalue weighted by atomic mass is 32.2. The number of aromatic nitrogens is 1. The Labute approximate surface area is 142 Å². The van der Waals surface area contributed by atoms with Crippen molar-refractivity contribution in [1.29, 1.82) is 0 Å². The van der Waals surface area contributed by atoms with Crippen LogP contribution in [0.3, 0.4) is 0 Å². The van der Waals surface area contributed by atoms with Gasteiger partial charge >= 0.3 is 0 Å². The van der Waals surface area contributed by atoms with Gasteiger partial charge in [0, 0.05) is 11.6 Å². The van der Waals surface area contributed by atoms with Crippen molar-refractivity contribution in [3.05, 3.63) is 77.0 Å². The van der Waals surface area contributed by atoms with Crippen LogP contribution < -0.4 is 0 Å². The van der Waals surface area contributed by atoms with Crippen LogP contribution in [0.2, 0.25) is 0 Å². The molecule has 0 fully saturated rings. The molecule has 0 bridgehead atoms. The molecule has 4 nitrogen and oxygen atoms in total. The van der Waals surface area contributed by atoms with E-state index in [1.54, 1.807) is 6.07 Å². The largest absolute Gasteiger partial charge is 0.356 e. The topological polar surface area (TPSA) is 60.2 Å². The highest BCUT2D eigenvalue weighted by molar-refractivity contribution is 7.89. The van der Waals surface area contributed by atoms with Gasteiger partial charge in [0.2, 0.25) is 0 Å². The second-order valence-corrected chi connectivity index (χ2v) is 8.08. The zero-order chi connectivity index (χ0) is 17.2. The third-order valence-electron chi connectivity index (χ3n) is 3.87. The lowest BCUT2D eigenvalue weighted by molar-refractivity contribution is 0.425. The number of hydrogen-bond donors (Lipinski definition) is 0. The summed E-state index contributed by atoms with van der Waals surface area (Å²) in [5, 5.41) is 3.91. The summed E-state index contributed by atoms with van der Waals surface area (Å²) in [6.45, 7) is 3.88. The summed E-state index contributed by atoms with van der Waals surface area (Å²) in [6.07, 6.45) is 0. The fourth-order valence-corrected chi connectivity index (χ4v) is 4.06. The highest BCUT2D eigenvalue weighted by Gasteiger charge is 2.18. The van der Waals surface area contributed by atoms with E-state index < -0.39 is 9.84 Å². The molecule has 5 heteroatoms. The smallest absolute Gasteiger partial charge is 0.167 e. The molecule has 0 radical (unpaired) electrons. The van der Waals surface area contributed by atoms with E-state index in [2.05, 4.69) is 5.16 Å². The first-order valence-electron chi connectivity index (χ1n) is 7.70. The van der Waals surface area contributed by atoms with Gasteiger partial charge in [0.25, 0.3) is 0 Å². The molecule has 0 saturated carbocycles. The Balaban J connectivity index is 1.78. The maximum Gasteiger partial charge on any atom is 0.167 e. The minimum absolute atomic E-state index is 0.00798. The molecular formula is C19H19NO3S. The first-order chi connectivity index (χ1) is 11.4. The van der Waals surface area contributed by atoms with Gasteiger partial charge in [-0.2, -0.15) is 0 Å². The normalized spacial score (nSPS) is 11.6. The molecular weight excluding hydrogens is 322 g/mol. The van der Waals surface area contributed by atoms with E-state index >= 15 is 0 Å². The Kier molecular flexibility index (Phi) is 4.53. The predicted molar refractivity (Wildman–Crippen MR) is 94.2 cm³/mol. The van der Waals surface area contributed by atoms with Crippen molar-refractivity contribution in [1.82, 2.24) is 5.16 Å². The van der Waals surface area contributed by atoms with Gasteiger partial charge in [-0.15, -0.1) is 0 Å². The standard InChI is InChI=1S/C19H19NO3S/c1-14-8-9-15(2)17(10-14)12-24(21,22)13-18-11-19(23-20-18)16-6-4-3-5-7-16/h3-11H,12-13H2,1-2H3. The van der Waals surface area contributed by atoms with Crippen LogP contribution in [0.15, 0.2) is 59.1 Å². The van der Waals surface area contributed by atoms with Gasteiger partial charge in [0.05, 0.1) is 17.2 Å². The predicted octanol–water partition coefficient (Wildman–Crippen LogP) is 4.07. The van der Waals surface area contributed by atoms with Gasteiger partial charge in [0.15, 0.2) is 15.6 Å². The molecule has 0 aliphatic heterocycles. The van der Waals surface area contributed by atoms with Gasteiger partial charge in [-0.05, 0) is 25.0 Å². The van der Waals surface area contributed by atoms with Crippen molar-refractivity contribution in [3.63, 3.8) is 0 Å². The van der Waals surface area contributed by atoms with Gasteiger partial charge in [-0.25, -0.2) is 8.42 Å². The lowest BCUT2D eigenvalue weighted by atomic mass is 10.1. The first-order valence-corrected chi connectivity index (χ1v) is 9.53. The SMILES string of the molecule is Cc1ccc(C)c(CS(=O)(=O)Cc2cc(-c3ccccc3)on2)c1. The summed E-state index contributed by atoms with van der Waals surface area (Å²) in [5.41, 5.74) is 4.18. The van der Waals surface area contributed by atoms with Crippen LogP contribution in [0, 0.1) is 13.8 Å². The lowest BCUT2D eigenvalue weighted by Crippen LogP contribution is -2.09. The molecule has 0 aliphatic carbocycles. The van der Waals surface area contributed by atoms with Gasteiger partial charge < -0.3 is 4.52 Å². The monoisotopic (exact) mass is 341 g/mol. The minimum Gasteiger partial charge on any atom is -0.356 e. The van der Waals surface area contributed by atoms with Crippen molar-refractivity contribution >= 4 is 9.84 Å². The maximum absolute atomic E-state index is 12.5. The summed E-state index contributed by atoms with van der Waals surface area (Å²) in [5.74, 6) is 0.456. The van der Waals surface area contributed by atoms with E-state index in [0.29, 0.717) is 11.5 Å². The van der Waals surface area contributed by atoms with Crippen molar-refractivity contribution in [2.24, 2.45) is 0 Å². The van der Waals surface area contributed by atoms with E-state index in [9.17, 15) is 8.42 Å². The quantitative estimate of drug-likeness (QED) is 0.702. The number of hydrogen-bond acceptors (Lipinski definition) is 4. The molecule has 0 amide bonds. The summed E-state index contributed by atoms with van der Waals surface area (Å²) in [7, 11) is -3.32. The third kappa shape index (κ3) is 3.92. The van der Waals surface area contributed by atoms with Gasteiger partial charge in [-0.1, -0.05) is 59.3 Å². The molecule has 0 saturated heterocycles. The zero-order valence-corrected chi connectivity index (χ0v) is 14.5. The summed E-state index contributed by atoms with van der Waals surface area (Å²) < 4.78 is 30.3. The van der Waals surface area contributed by atoms with Crippen LogP contribution >= 0.6 is 0 Å². The second-order valence-electron chi connectivity index (χ2n) is 6.01. The van der Waals surface area contributed by atoms with Crippen LogP contribution in [0.25, 0.3) is 11.3 Å². The number of nitrogens with zero attached hydrogens (tertiary/aromatic N) is 1. The molecule has 3 aromatic rings. The van der Waals surface area contributed by atoms with Crippen molar-refractivity contribution < 1.29 is 12.9 Å². The molecule has 3 rings (SSSR count). The molecule has 0 spiro atoms. The molecule has 0 aliphatic rings. The second kappa shape index (κ2) is 6.61. The van der Waals surface area contributed by atoms with Gasteiger partial charge in [0.1, 0.15) is 0 Å². The Hall–Kier alpha value is -2.40. The van der Waals surface area contributed by atoms with Crippen molar-refractivity contribution in [2.45, 2.75) is 25.4 Å². The average molecular weight is 341 g/mol. The van der Waals surface area contributed by atoms with Crippen LogP contribution in [0.4, 0.5) is 0 Å². The van der Waals surface area contributed by atoms with E-state index in [1.165, 1.54) is 0 Å². The Morgan fingerprint density at radius 1 is 0.958 bits per heavy atom. The van der Waals surface area contributed by atoms with E-state index in [4.69, 9.17) is 4.52 Å². The summed E-state index contributed by atoms with van der Waals surface area (Å²) in [4.78, 5) is 0. The number of aryl methyl sites for hydroxylation is 2. The van der Waals surface area contributed by atoms with Crippen LogP contribution in [-0.4, -0.2) is 13.6 Å². The minimum atomic E-state index is -3.32. The summed E-state index contributed by atoms with van der Waals surface area (Å²) in [6, 6.07) is 17.0. The molecule has 24 heavy (non-hydrogen) atoms. The number of benzene rings is 2. The Morgan fingerprint density at radius 3 is 2.46 bits per heavy atom. The lowest BCUT2D eigenvalue weighted by Gasteiger charge is -2.07. The zero-order valence-electron chi connectivity index (χ0n) is 13.7. The third-order valence-corrected chi connectivity index (χ3v) is 5.35. The fraction of sp³-hybridized carbons (Fsp3) is 0.211. The van der Waals surface area contributed by atoms with E-state index in [0.717, 1.165) is 22.3 Å². The average Bonchev–Trinajstić information content (AvgIpc) is 2.99. The molecule has 0 N–H and O–H groups in total. The molecule has 124 valence electrons. The summed E-state index contributed by atoms with van der Waals surface area (Å²) >= 11 is 0.